The lowest BCUT2D eigenvalue weighted by atomic mass is 9.90. The minimum absolute atomic E-state index is 0.0908. The third kappa shape index (κ3) is 5.88. The number of fused-ring (bicyclic) bond motifs is 1. The largest absolute Gasteiger partial charge is 0.494 e. The number of hydrogen-bond donors (Lipinski definition) is 3. The first kappa shape index (κ1) is 30.7. The number of carbonyl (C=O) groups is 1. The Hall–Kier alpha value is -4.23. The van der Waals surface area contributed by atoms with Crippen molar-refractivity contribution < 1.29 is 46.1 Å². The minimum Gasteiger partial charge on any atom is -0.494 e. The van der Waals surface area contributed by atoms with E-state index < -0.39 is 65.1 Å². The Bertz CT molecular complexity index is 1640. The number of hydrogen-bond acceptors (Lipinski definition) is 6. The van der Waals surface area contributed by atoms with Gasteiger partial charge in [0.05, 0.1) is 24.9 Å². The summed E-state index contributed by atoms with van der Waals surface area (Å²) in [5.74, 6) is -2.86. The lowest BCUT2D eigenvalue weighted by Crippen LogP contribution is -2.51. The predicted molar refractivity (Wildman–Crippen MR) is 140 cm³/mol. The second kappa shape index (κ2) is 11.2. The highest BCUT2D eigenvalue weighted by molar-refractivity contribution is 6.00. The first-order valence-corrected chi connectivity index (χ1v) is 12.4. The van der Waals surface area contributed by atoms with Crippen LogP contribution in [0.25, 0.3) is 22.2 Å². The average molecular weight is 594 g/mol. The monoisotopic (exact) mass is 593 g/mol. The smallest absolute Gasteiger partial charge is 0.424 e. The maximum atomic E-state index is 15.4. The van der Waals surface area contributed by atoms with Gasteiger partial charge in [-0.25, -0.2) is 18.2 Å². The quantitative estimate of drug-likeness (QED) is 0.235. The zero-order valence-corrected chi connectivity index (χ0v) is 22.5. The Morgan fingerprint density at radius 1 is 1.02 bits per heavy atom. The van der Waals surface area contributed by atoms with Crippen LogP contribution in [0.5, 0.6) is 5.75 Å². The topological polar surface area (TPSA) is 105 Å². The van der Waals surface area contributed by atoms with Gasteiger partial charge in [0.15, 0.2) is 5.82 Å². The number of rotatable bonds is 8. The number of nitrogens with one attached hydrogen (secondary N) is 1. The Labute approximate surface area is 235 Å². The number of amides is 1. The van der Waals surface area contributed by atoms with Crippen molar-refractivity contribution in [2.75, 3.05) is 13.7 Å². The molecule has 0 aliphatic carbocycles. The molecule has 222 valence electrons. The van der Waals surface area contributed by atoms with Crippen molar-refractivity contribution in [2.24, 2.45) is 0 Å². The van der Waals surface area contributed by atoms with Crippen LogP contribution in [-0.2, 0) is 17.9 Å². The highest BCUT2D eigenvalue weighted by atomic mass is 19.4. The van der Waals surface area contributed by atoms with Gasteiger partial charge < -0.3 is 20.3 Å². The van der Waals surface area contributed by atoms with Gasteiger partial charge in [-0.1, -0.05) is 0 Å². The highest BCUT2D eigenvalue weighted by Gasteiger charge is 2.57. The minimum atomic E-state index is -5.46. The van der Waals surface area contributed by atoms with E-state index in [0.29, 0.717) is 6.07 Å². The number of nitrogens with zero attached hydrogens (tertiary/aromatic N) is 2. The fraction of sp³-hybridized carbons (Fsp3) is 0.276. The van der Waals surface area contributed by atoms with Gasteiger partial charge in [-0.05, 0) is 62.4 Å². The molecule has 1 unspecified atom stereocenters. The summed E-state index contributed by atoms with van der Waals surface area (Å²) in [4.78, 5) is 20.8. The molecule has 0 aliphatic heterocycles. The second-order valence-electron chi connectivity index (χ2n) is 10.1. The van der Waals surface area contributed by atoms with Crippen molar-refractivity contribution >= 4 is 16.8 Å². The van der Waals surface area contributed by atoms with Gasteiger partial charge in [0.25, 0.3) is 5.91 Å². The Kier molecular flexibility index (Phi) is 8.20. The van der Waals surface area contributed by atoms with E-state index in [9.17, 15) is 37.0 Å². The molecule has 0 radical (unpaired) electrons. The summed E-state index contributed by atoms with van der Waals surface area (Å²) < 4.78 is 90.6. The van der Waals surface area contributed by atoms with E-state index in [-0.39, 0.29) is 33.3 Å². The molecule has 0 aliphatic rings. The third-order valence-electron chi connectivity index (χ3n) is 6.57. The number of ether oxygens (including phenoxy) is 1. The normalized spacial score (nSPS) is 13.6. The number of alkyl halides is 4. The zero-order valence-electron chi connectivity index (χ0n) is 22.5. The number of halogens is 6. The fourth-order valence-corrected chi connectivity index (χ4v) is 4.25. The maximum Gasteiger partial charge on any atom is 0.424 e. The molecule has 0 fully saturated rings. The molecule has 13 heteroatoms. The van der Waals surface area contributed by atoms with Gasteiger partial charge in [0.1, 0.15) is 29.5 Å². The number of benzene rings is 2. The standard InChI is InChI=1S/C29H25F6N3O4/c1-27(2,40)20-11-22(38-25(23(20)32)16-4-6-19(31)7-5-16)28(41,29(33,34)35)14-37-26(39)18-9-17-8-15(12-30)13-36-24(17)21(10-18)42-3/h4-11,13,40-41H,12,14H2,1-3H3,(H,37,39). The summed E-state index contributed by atoms with van der Waals surface area (Å²) >= 11 is 0. The van der Waals surface area contributed by atoms with E-state index in [1.165, 1.54) is 31.5 Å². The maximum absolute atomic E-state index is 15.4. The van der Waals surface area contributed by atoms with Crippen LogP contribution in [0.2, 0.25) is 0 Å². The van der Waals surface area contributed by atoms with Crippen LogP contribution >= 0.6 is 0 Å². The summed E-state index contributed by atoms with van der Waals surface area (Å²) in [7, 11) is 1.28. The van der Waals surface area contributed by atoms with Crippen LogP contribution in [0.3, 0.4) is 0 Å². The second-order valence-corrected chi connectivity index (χ2v) is 10.1. The van der Waals surface area contributed by atoms with E-state index in [4.69, 9.17) is 4.74 Å². The molecule has 2 aromatic heterocycles. The number of carbonyl (C=O) groups excluding carboxylic acids is 1. The number of aromatic nitrogens is 2. The van der Waals surface area contributed by atoms with Gasteiger partial charge >= 0.3 is 6.18 Å². The van der Waals surface area contributed by atoms with E-state index in [0.717, 1.165) is 38.1 Å². The van der Waals surface area contributed by atoms with Gasteiger partial charge in [-0.3, -0.25) is 9.78 Å². The van der Waals surface area contributed by atoms with E-state index in [1.807, 2.05) is 5.32 Å². The van der Waals surface area contributed by atoms with Gasteiger partial charge in [0.2, 0.25) is 5.60 Å². The summed E-state index contributed by atoms with van der Waals surface area (Å²) in [6.45, 7) is -0.0779. The zero-order chi connectivity index (χ0) is 31.0. The molecule has 2 aromatic carbocycles. The molecule has 0 spiro atoms. The Balaban J connectivity index is 1.78. The van der Waals surface area contributed by atoms with Gasteiger partial charge in [0, 0.05) is 33.8 Å². The summed E-state index contributed by atoms with van der Waals surface area (Å²) in [6.07, 6.45) is -4.19. The van der Waals surface area contributed by atoms with Crippen molar-refractivity contribution in [3.63, 3.8) is 0 Å². The van der Waals surface area contributed by atoms with Crippen molar-refractivity contribution in [3.05, 3.63) is 88.7 Å². The summed E-state index contributed by atoms with van der Waals surface area (Å²) in [6, 6.07) is 8.45. The molecule has 2 heterocycles. The fourth-order valence-electron chi connectivity index (χ4n) is 4.25. The van der Waals surface area contributed by atoms with Crippen LogP contribution < -0.4 is 10.1 Å². The highest BCUT2D eigenvalue weighted by Crippen LogP contribution is 2.41. The van der Waals surface area contributed by atoms with Crippen LogP contribution in [-0.4, -0.2) is 45.9 Å². The molecule has 0 saturated heterocycles. The SMILES string of the molecule is COc1cc(C(=O)NCC(O)(c2cc(C(C)(C)O)c(F)c(-c3ccc(F)cc3)n2)C(F)(F)F)cc2cc(CF)cnc12. The molecular formula is C29H25F6N3O4. The molecule has 42 heavy (non-hydrogen) atoms. The lowest BCUT2D eigenvalue weighted by Gasteiger charge is -2.32. The molecule has 4 aromatic rings. The number of pyridine rings is 2. The van der Waals surface area contributed by atoms with E-state index in [2.05, 4.69) is 9.97 Å². The van der Waals surface area contributed by atoms with Crippen LogP contribution in [0.15, 0.2) is 54.7 Å². The Morgan fingerprint density at radius 2 is 1.69 bits per heavy atom. The molecule has 7 nitrogen and oxygen atoms in total. The molecule has 0 saturated carbocycles. The van der Waals surface area contributed by atoms with E-state index >= 15 is 4.39 Å². The van der Waals surface area contributed by atoms with Gasteiger partial charge in [-0.15, -0.1) is 0 Å². The van der Waals surface area contributed by atoms with Crippen LogP contribution in [0.1, 0.15) is 41.0 Å². The van der Waals surface area contributed by atoms with Crippen LogP contribution in [0, 0.1) is 11.6 Å². The van der Waals surface area contributed by atoms with E-state index in [1.54, 1.807) is 0 Å². The molecule has 3 N–H and O–H groups in total. The molecular weight excluding hydrogens is 568 g/mol. The van der Waals surface area contributed by atoms with Crippen molar-refractivity contribution in [2.45, 2.75) is 37.9 Å². The molecule has 1 atom stereocenters. The van der Waals surface area contributed by atoms with Crippen molar-refractivity contribution in [1.82, 2.24) is 15.3 Å². The van der Waals surface area contributed by atoms with Gasteiger partial charge in [-0.2, -0.15) is 13.2 Å². The first-order valence-electron chi connectivity index (χ1n) is 12.4. The summed E-state index contributed by atoms with van der Waals surface area (Å²) in [5, 5.41) is 23.8. The Morgan fingerprint density at radius 3 is 2.26 bits per heavy atom. The van der Waals surface area contributed by atoms with Crippen LogP contribution in [0.4, 0.5) is 26.3 Å². The first-order chi connectivity index (χ1) is 19.6. The summed E-state index contributed by atoms with van der Waals surface area (Å²) in [5.41, 5.74) is -8.17. The molecule has 0 bridgehead atoms. The van der Waals surface area contributed by atoms with Crippen molar-refractivity contribution in [1.29, 1.82) is 0 Å². The van der Waals surface area contributed by atoms with Crippen molar-refractivity contribution in [3.8, 4) is 17.0 Å². The molecule has 4 rings (SSSR count). The number of aliphatic hydroxyl groups is 2. The third-order valence-corrected chi connectivity index (χ3v) is 6.57. The lowest BCUT2D eigenvalue weighted by molar-refractivity contribution is -0.265. The predicted octanol–water partition coefficient (Wildman–Crippen LogP) is 5.46. The number of methoxy groups -OCH3 is 1. The average Bonchev–Trinajstić information content (AvgIpc) is 2.94. The molecule has 1 amide bonds.